The zero-order valence-corrected chi connectivity index (χ0v) is 21.4. The summed E-state index contributed by atoms with van der Waals surface area (Å²) >= 11 is 0. The van der Waals surface area contributed by atoms with Gasteiger partial charge in [0.2, 0.25) is 5.91 Å². The number of nitrogens with two attached hydrogens (primary N) is 1. The van der Waals surface area contributed by atoms with Gasteiger partial charge in [-0.25, -0.2) is 0 Å². The van der Waals surface area contributed by atoms with Crippen LogP contribution in [-0.2, 0) is 22.2 Å². The van der Waals surface area contributed by atoms with E-state index in [2.05, 4.69) is 22.5 Å². The minimum atomic E-state index is -4.37. The van der Waals surface area contributed by atoms with Crippen molar-refractivity contribution in [2.45, 2.75) is 31.5 Å². The molecule has 0 heterocycles. The molecule has 0 saturated carbocycles. The topological polar surface area (TPSA) is 122 Å². The first-order valence-corrected chi connectivity index (χ1v) is 12.4. The molecular formula is C30H28F3N3O4. The Hall–Kier alpha value is -4.46. The van der Waals surface area contributed by atoms with Crippen LogP contribution in [0.2, 0.25) is 0 Å². The minimum absolute atomic E-state index is 0.122. The van der Waals surface area contributed by atoms with E-state index in [4.69, 9.17) is 10.8 Å². The molecule has 0 aliphatic heterocycles. The van der Waals surface area contributed by atoms with Crippen LogP contribution in [0.1, 0.15) is 45.5 Å². The molecule has 3 aromatic rings. The van der Waals surface area contributed by atoms with Crippen molar-refractivity contribution in [2.75, 3.05) is 18.5 Å². The van der Waals surface area contributed by atoms with E-state index in [1.165, 1.54) is 12.1 Å². The normalized spacial score (nSPS) is 11.6. The fourth-order valence-corrected chi connectivity index (χ4v) is 3.65. The van der Waals surface area contributed by atoms with Crippen LogP contribution in [0, 0.1) is 11.8 Å². The van der Waals surface area contributed by atoms with Gasteiger partial charge in [0.25, 0.3) is 5.91 Å². The van der Waals surface area contributed by atoms with E-state index in [1.807, 2.05) is 0 Å². The Morgan fingerprint density at radius 1 is 0.875 bits per heavy atom. The molecule has 0 saturated heterocycles. The number of ketones is 1. The van der Waals surface area contributed by atoms with Crippen LogP contribution in [0.15, 0.2) is 72.8 Å². The molecule has 7 nitrogen and oxygen atoms in total. The number of halogens is 3. The van der Waals surface area contributed by atoms with Gasteiger partial charge in [0.1, 0.15) is 12.6 Å². The third-order valence-electron chi connectivity index (χ3n) is 5.90. The number of nitrogens with one attached hydrogen (secondary N) is 2. The Labute approximate surface area is 229 Å². The van der Waals surface area contributed by atoms with Gasteiger partial charge in [-0.15, -0.1) is 0 Å². The highest BCUT2D eigenvalue weighted by Gasteiger charge is 2.29. The number of aliphatic hydroxyl groups excluding tert-OH is 1. The molecule has 0 fully saturated rings. The highest BCUT2D eigenvalue weighted by molar-refractivity contribution is 5.98. The molecule has 3 rings (SSSR count). The second-order valence-electron chi connectivity index (χ2n) is 8.89. The van der Waals surface area contributed by atoms with E-state index in [9.17, 15) is 27.6 Å². The lowest BCUT2D eigenvalue weighted by atomic mass is 10.1. The second kappa shape index (κ2) is 14.1. The summed E-state index contributed by atoms with van der Waals surface area (Å²) in [6.07, 6.45) is -3.16. The van der Waals surface area contributed by atoms with E-state index >= 15 is 0 Å². The predicted octanol–water partition coefficient (Wildman–Crippen LogP) is 3.69. The molecule has 208 valence electrons. The summed E-state index contributed by atoms with van der Waals surface area (Å²) in [6, 6.07) is 17.3. The molecule has 10 heteroatoms. The first-order chi connectivity index (χ1) is 19.1. The summed E-state index contributed by atoms with van der Waals surface area (Å²) < 4.78 is 37.9. The number of carbonyl (C=O) groups is 3. The monoisotopic (exact) mass is 551 g/mol. The average molecular weight is 552 g/mol. The van der Waals surface area contributed by atoms with E-state index in [-0.39, 0.29) is 18.9 Å². The van der Waals surface area contributed by atoms with Gasteiger partial charge < -0.3 is 21.5 Å². The van der Waals surface area contributed by atoms with Gasteiger partial charge >= 0.3 is 6.18 Å². The van der Waals surface area contributed by atoms with Crippen LogP contribution >= 0.6 is 0 Å². The van der Waals surface area contributed by atoms with E-state index in [0.29, 0.717) is 35.2 Å². The number of amides is 2. The van der Waals surface area contributed by atoms with Gasteiger partial charge in [-0.3, -0.25) is 14.4 Å². The summed E-state index contributed by atoms with van der Waals surface area (Å²) in [5.74, 6) is 4.72. The number of aryl methyl sites for hydroxylation is 1. The van der Waals surface area contributed by atoms with Crippen molar-refractivity contribution in [3.8, 4) is 11.8 Å². The van der Waals surface area contributed by atoms with Crippen molar-refractivity contribution >= 4 is 23.3 Å². The van der Waals surface area contributed by atoms with Gasteiger partial charge in [-0.05, 0) is 79.1 Å². The maximum absolute atomic E-state index is 12.6. The molecule has 5 N–H and O–H groups in total. The molecule has 0 aliphatic rings. The van der Waals surface area contributed by atoms with Crippen molar-refractivity contribution in [3.63, 3.8) is 0 Å². The molecular weight excluding hydrogens is 523 g/mol. The van der Waals surface area contributed by atoms with Gasteiger partial charge in [-0.1, -0.05) is 24.0 Å². The first kappa shape index (κ1) is 30.1. The maximum Gasteiger partial charge on any atom is 0.416 e. The fourth-order valence-electron chi connectivity index (χ4n) is 3.65. The number of aliphatic hydroxyl groups is 1. The molecule has 40 heavy (non-hydrogen) atoms. The lowest BCUT2D eigenvalue weighted by molar-refractivity contribution is -0.137. The molecule has 0 spiro atoms. The highest BCUT2D eigenvalue weighted by Crippen LogP contribution is 2.29. The number of benzene rings is 3. The number of Topliss-reactive ketones (excluding diaryl/α,β-unsaturated/α-hetero) is 1. The van der Waals surface area contributed by atoms with Crippen LogP contribution in [0.5, 0.6) is 0 Å². The van der Waals surface area contributed by atoms with Crippen LogP contribution < -0.4 is 16.4 Å². The quantitative estimate of drug-likeness (QED) is 0.287. The SMILES string of the molecule is NC[C@H](NC(=O)c1ccc(C#Cc2ccc(NC(=O)CCCc3ccc(C(F)(F)F)cc3)cc2)cc1)C(=O)CO. The van der Waals surface area contributed by atoms with Crippen molar-refractivity contribution in [2.24, 2.45) is 5.73 Å². The van der Waals surface area contributed by atoms with Crippen LogP contribution in [0.25, 0.3) is 0 Å². The number of carbonyl (C=O) groups excluding carboxylic acids is 3. The molecule has 1 atom stereocenters. The van der Waals surface area contributed by atoms with Crippen molar-refractivity contribution in [1.82, 2.24) is 5.32 Å². The molecule has 0 bridgehead atoms. The van der Waals surface area contributed by atoms with Gasteiger partial charge in [0.05, 0.1) is 5.56 Å². The van der Waals surface area contributed by atoms with Gasteiger partial charge in [0, 0.05) is 35.3 Å². The third kappa shape index (κ3) is 9.08. The number of alkyl halides is 3. The molecule has 3 aromatic carbocycles. The summed E-state index contributed by atoms with van der Waals surface area (Å²) in [4.78, 5) is 36.1. The van der Waals surface area contributed by atoms with Crippen LogP contribution in [-0.4, -0.2) is 41.9 Å². The highest BCUT2D eigenvalue weighted by atomic mass is 19.4. The van der Waals surface area contributed by atoms with Gasteiger partial charge in [-0.2, -0.15) is 13.2 Å². The fraction of sp³-hybridized carbons (Fsp3) is 0.233. The average Bonchev–Trinajstić information content (AvgIpc) is 2.95. The van der Waals surface area contributed by atoms with Crippen molar-refractivity contribution in [3.05, 3.63) is 101 Å². The number of hydrogen-bond acceptors (Lipinski definition) is 5. The molecule has 0 radical (unpaired) electrons. The zero-order valence-electron chi connectivity index (χ0n) is 21.4. The lowest BCUT2D eigenvalue weighted by Gasteiger charge is -2.14. The molecule has 0 aliphatic carbocycles. The minimum Gasteiger partial charge on any atom is -0.388 e. The molecule has 0 unspecified atom stereocenters. The Bertz CT molecular complexity index is 1380. The van der Waals surface area contributed by atoms with Crippen LogP contribution in [0.3, 0.4) is 0 Å². The zero-order chi connectivity index (χ0) is 29.1. The van der Waals surface area contributed by atoms with E-state index in [0.717, 1.165) is 17.7 Å². The Morgan fingerprint density at radius 2 is 1.45 bits per heavy atom. The maximum atomic E-state index is 12.6. The first-order valence-electron chi connectivity index (χ1n) is 12.4. The van der Waals surface area contributed by atoms with E-state index in [1.54, 1.807) is 48.5 Å². The van der Waals surface area contributed by atoms with Gasteiger partial charge in [0.15, 0.2) is 5.78 Å². The van der Waals surface area contributed by atoms with E-state index < -0.39 is 36.1 Å². The Kier molecular flexibility index (Phi) is 10.6. The third-order valence-corrected chi connectivity index (χ3v) is 5.90. The lowest BCUT2D eigenvalue weighted by Crippen LogP contribution is -2.46. The number of anilines is 1. The second-order valence-corrected chi connectivity index (χ2v) is 8.89. The van der Waals surface area contributed by atoms with Crippen molar-refractivity contribution < 1.29 is 32.7 Å². The number of rotatable bonds is 10. The smallest absolute Gasteiger partial charge is 0.388 e. The largest absolute Gasteiger partial charge is 0.416 e. The Morgan fingerprint density at radius 3 is 1.98 bits per heavy atom. The summed E-state index contributed by atoms with van der Waals surface area (Å²) in [5, 5.41) is 14.2. The van der Waals surface area contributed by atoms with Crippen LogP contribution in [0.4, 0.5) is 18.9 Å². The summed E-state index contributed by atoms with van der Waals surface area (Å²) in [6.45, 7) is -0.832. The molecule has 2 amide bonds. The predicted molar refractivity (Wildman–Crippen MR) is 144 cm³/mol. The number of hydrogen-bond donors (Lipinski definition) is 4. The molecule has 0 aromatic heterocycles. The Balaban J connectivity index is 1.47. The standard InChI is InChI=1S/C30H28F3N3O4/c31-30(32,33)24-14-8-20(9-15-24)2-1-3-28(39)35-25-16-10-22(11-17-25)5-4-21-6-12-23(13-7-21)29(40)36-26(18-34)27(38)19-37/h6-17,26,37H,1-3,18-19,34H2,(H,35,39)(H,36,40)/t26-/m0/s1. The van der Waals surface area contributed by atoms with Crippen molar-refractivity contribution in [1.29, 1.82) is 0 Å². The summed E-state index contributed by atoms with van der Waals surface area (Å²) in [5.41, 5.74) is 7.77. The summed E-state index contributed by atoms with van der Waals surface area (Å²) in [7, 11) is 0.